The topological polar surface area (TPSA) is 68.0 Å². The first-order chi connectivity index (χ1) is 8.70. The molecule has 1 aromatic carbocycles. The molecule has 0 unspecified atom stereocenters. The second-order valence-corrected chi connectivity index (χ2v) is 4.11. The van der Waals surface area contributed by atoms with Crippen LogP contribution in [0.2, 0.25) is 5.02 Å². The lowest BCUT2D eigenvalue weighted by Crippen LogP contribution is -2.24. The van der Waals surface area contributed by atoms with Crippen molar-refractivity contribution in [3.8, 4) is 11.5 Å². The lowest BCUT2D eigenvalue weighted by Gasteiger charge is -1.97. The van der Waals surface area contributed by atoms with Crippen molar-refractivity contribution < 1.29 is 9.21 Å². The van der Waals surface area contributed by atoms with Gasteiger partial charge in [0.05, 0.1) is 0 Å². The van der Waals surface area contributed by atoms with E-state index in [4.69, 9.17) is 16.0 Å². The minimum absolute atomic E-state index is 0.0339. The monoisotopic (exact) mass is 265 g/mol. The fourth-order valence-electron chi connectivity index (χ4n) is 1.34. The van der Waals surface area contributed by atoms with Crippen LogP contribution in [0.1, 0.15) is 24.0 Å². The molecule has 0 saturated heterocycles. The molecular formula is C12H12ClN3O2. The average molecular weight is 266 g/mol. The SMILES string of the molecule is CCCNC(=O)c1nnc(-c2ccc(Cl)cc2)o1. The molecule has 0 fully saturated rings. The molecule has 2 aromatic rings. The van der Waals surface area contributed by atoms with Gasteiger partial charge in [-0.15, -0.1) is 10.2 Å². The molecule has 6 heteroatoms. The Labute approximate surface area is 109 Å². The van der Waals surface area contributed by atoms with Gasteiger partial charge in [-0.2, -0.15) is 0 Å². The van der Waals surface area contributed by atoms with Gasteiger partial charge in [-0.3, -0.25) is 4.79 Å². The number of aromatic nitrogens is 2. The van der Waals surface area contributed by atoms with E-state index in [0.29, 0.717) is 17.5 Å². The Hall–Kier alpha value is -1.88. The van der Waals surface area contributed by atoms with Crippen LogP contribution in [-0.2, 0) is 0 Å². The van der Waals surface area contributed by atoms with Crippen LogP contribution in [0.5, 0.6) is 0 Å². The maximum atomic E-state index is 11.6. The third kappa shape index (κ3) is 2.87. The number of benzene rings is 1. The molecule has 0 saturated carbocycles. The smallest absolute Gasteiger partial charge is 0.308 e. The van der Waals surface area contributed by atoms with Crippen molar-refractivity contribution in [1.82, 2.24) is 15.5 Å². The van der Waals surface area contributed by atoms with Crippen LogP contribution in [0.25, 0.3) is 11.5 Å². The standard InChI is InChI=1S/C12H12ClN3O2/c1-2-7-14-10(17)12-16-15-11(18-12)8-3-5-9(13)6-4-8/h3-6H,2,7H2,1H3,(H,14,17). The Morgan fingerprint density at radius 1 is 1.33 bits per heavy atom. The first kappa shape index (κ1) is 12.6. The minimum Gasteiger partial charge on any atom is -0.412 e. The van der Waals surface area contributed by atoms with Crippen molar-refractivity contribution in [2.45, 2.75) is 13.3 Å². The Balaban J connectivity index is 2.15. The van der Waals surface area contributed by atoms with Crippen LogP contribution in [0, 0.1) is 0 Å². The van der Waals surface area contributed by atoms with Crippen molar-refractivity contribution in [1.29, 1.82) is 0 Å². The fraction of sp³-hybridized carbons (Fsp3) is 0.250. The van der Waals surface area contributed by atoms with Gasteiger partial charge in [0.2, 0.25) is 5.89 Å². The van der Waals surface area contributed by atoms with Gasteiger partial charge in [0.15, 0.2) is 0 Å². The molecule has 94 valence electrons. The van der Waals surface area contributed by atoms with E-state index in [0.717, 1.165) is 12.0 Å². The number of rotatable bonds is 4. The summed E-state index contributed by atoms with van der Waals surface area (Å²) in [5, 5.41) is 10.8. The minimum atomic E-state index is -0.357. The molecule has 5 nitrogen and oxygen atoms in total. The van der Waals surface area contributed by atoms with E-state index in [1.165, 1.54) is 0 Å². The number of amides is 1. The van der Waals surface area contributed by atoms with Crippen LogP contribution < -0.4 is 5.32 Å². The zero-order valence-corrected chi connectivity index (χ0v) is 10.6. The van der Waals surface area contributed by atoms with E-state index >= 15 is 0 Å². The number of halogens is 1. The first-order valence-corrected chi connectivity index (χ1v) is 5.96. The van der Waals surface area contributed by atoms with Crippen LogP contribution >= 0.6 is 11.6 Å². The summed E-state index contributed by atoms with van der Waals surface area (Å²) in [5.41, 5.74) is 0.724. The number of hydrogen-bond donors (Lipinski definition) is 1. The summed E-state index contributed by atoms with van der Waals surface area (Å²) in [6.07, 6.45) is 0.851. The number of nitrogens with one attached hydrogen (secondary N) is 1. The largest absolute Gasteiger partial charge is 0.412 e. The fourth-order valence-corrected chi connectivity index (χ4v) is 1.46. The highest BCUT2D eigenvalue weighted by Gasteiger charge is 2.14. The number of hydrogen-bond acceptors (Lipinski definition) is 4. The van der Waals surface area contributed by atoms with E-state index in [9.17, 15) is 4.79 Å². The van der Waals surface area contributed by atoms with Crippen molar-refractivity contribution in [3.05, 3.63) is 35.2 Å². The van der Waals surface area contributed by atoms with Crippen molar-refractivity contribution in [3.63, 3.8) is 0 Å². The Kier molecular flexibility index (Phi) is 3.94. The Bertz CT molecular complexity index is 537. The highest BCUT2D eigenvalue weighted by Crippen LogP contribution is 2.20. The molecule has 1 heterocycles. The molecule has 0 radical (unpaired) electrons. The van der Waals surface area contributed by atoms with Crippen LogP contribution in [0.15, 0.2) is 28.7 Å². The van der Waals surface area contributed by atoms with Crippen LogP contribution in [0.4, 0.5) is 0 Å². The second-order valence-electron chi connectivity index (χ2n) is 3.68. The number of carbonyl (C=O) groups is 1. The molecule has 1 amide bonds. The summed E-state index contributed by atoms with van der Waals surface area (Å²) in [5.74, 6) is -0.0914. The highest BCUT2D eigenvalue weighted by atomic mass is 35.5. The Morgan fingerprint density at radius 3 is 2.72 bits per heavy atom. The van der Waals surface area contributed by atoms with Crippen molar-refractivity contribution in [2.24, 2.45) is 0 Å². The van der Waals surface area contributed by atoms with Gasteiger partial charge in [0, 0.05) is 17.1 Å². The third-order valence-corrected chi connectivity index (χ3v) is 2.50. The summed E-state index contributed by atoms with van der Waals surface area (Å²) < 4.78 is 5.29. The third-order valence-electron chi connectivity index (χ3n) is 2.25. The van der Waals surface area contributed by atoms with Gasteiger partial charge in [-0.05, 0) is 30.7 Å². The maximum absolute atomic E-state index is 11.6. The van der Waals surface area contributed by atoms with Crippen molar-refractivity contribution >= 4 is 17.5 Å². The second kappa shape index (κ2) is 5.64. The molecule has 0 bridgehead atoms. The van der Waals surface area contributed by atoms with Gasteiger partial charge in [-0.25, -0.2) is 0 Å². The van der Waals surface area contributed by atoms with E-state index in [1.54, 1.807) is 24.3 Å². The average Bonchev–Trinajstić information content (AvgIpc) is 2.86. The zero-order chi connectivity index (χ0) is 13.0. The molecule has 2 rings (SSSR count). The van der Waals surface area contributed by atoms with Gasteiger partial charge < -0.3 is 9.73 Å². The first-order valence-electron chi connectivity index (χ1n) is 5.58. The van der Waals surface area contributed by atoms with Gasteiger partial charge >= 0.3 is 11.8 Å². The summed E-state index contributed by atoms with van der Waals surface area (Å²) in [4.78, 5) is 11.6. The van der Waals surface area contributed by atoms with E-state index in [2.05, 4.69) is 15.5 Å². The van der Waals surface area contributed by atoms with Gasteiger partial charge in [0.1, 0.15) is 0 Å². The summed E-state index contributed by atoms with van der Waals surface area (Å²) in [7, 11) is 0. The molecule has 18 heavy (non-hydrogen) atoms. The summed E-state index contributed by atoms with van der Waals surface area (Å²) >= 11 is 5.78. The molecule has 0 aliphatic carbocycles. The lowest BCUT2D eigenvalue weighted by atomic mass is 10.2. The van der Waals surface area contributed by atoms with Crippen molar-refractivity contribution in [2.75, 3.05) is 6.54 Å². The predicted molar refractivity (Wildman–Crippen MR) is 67.4 cm³/mol. The van der Waals surface area contributed by atoms with E-state index in [1.807, 2.05) is 6.92 Å². The molecule has 0 aliphatic heterocycles. The zero-order valence-electron chi connectivity index (χ0n) is 9.81. The molecule has 1 N–H and O–H groups in total. The van der Waals surface area contributed by atoms with E-state index in [-0.39, 0.29) is 11.8 Å². The molecule has 1 aromatic heterocycles. The number of nitrogens with zero attached hydrogens (tertiary/aromatic N) is 2. The van der Waals surface area contributed by atoms with Gasteiger partial charge in [-0.1, -0.05) is 18.5 Å². The summed E-state index contributed by atoms with van der Waals surface area (Å²) in [6, 6.07) is 6.95. The maximum Gasteiger partial charge on any atom is 0.308 e. The molecule has 0 atom stereocenters. The van der Waals surface area contributed by atoms with Gasteiger partial charge in [0.25, 0.3) is 0 Å². The normalized spacial score (nSPS) is 10.3. The quantitative estimate of drug-likeness (QED) is 0.922. The Morgan fingerprint density at radius 2 is 2.06 bits per heavy atom. The number of carbonyl (C=O) groups excluding carboxylic acids is 1. The predicted octanol–water partition coefficient (Wildman–Crippen LogP) is 2.53. The van der Waals surface area contributed by atoms with Crippen LogP contribution in [-0.4, -0.2) is 22.6 Å². The molecule has 0 aliphatic rings. The lowest BCUT2D eigenvalue weighted by molar-refractivity contribution is 0.0919. The molecular weight excluding hydrogens is 254 g/mol. The van der Waals surface area contributed by atoms with Crippen LogP contribution in [0.3, 0.4) is 0 Å². The molecule has 0 spiro atoms. The highest BCUT2D eigenvalue weighted by molar-refractivity contribution is 6.30. The van der Waals surface area contributed by atoms with E-state index < -0.39 is 0 Å². The summed E-state index contributed by atoms with van der Waals surface area (Å²) in [6.45, 7) is 2.55.